The van der Waals surface area contributed by atoms with Crippen molar-refractivity contribution in [2.24, 2.45) is 0 Å². The van der Waals surface area contributed by atoms with E-state index in [4.69, 9.17) is 0 Å². The van der Waals surface area contributed by atoms with Gasteiger partial charge in [-0.05, 0) is 0 Å². The van der Waals surface area contributed by atoms with Crippen LogP contribution in [0.5, 0.6) is 0 Å². The van der Waals surface area contributed by atoms with E-state index in [9.17, 15) is 0 Å². The second kappa shape index (κ2) is 575. The Bertz CT molecular complexity index is 8.49. The number of hydrogen-bond acceptors (Lipinski definition) is 0. The van der Waals surface area contributed by atoms with E-state index >= 15 is 0 Å². The van der Waals surface area contributed by atoms with Crippen LogP contribution in [0.4, 0.5) is 0 Å². The molecule has 8 heavy (non-hydrogen) atoms. The summed E-state index contributed by atoms with van der Waals surface area (Å²) in [6.07, 6.45) is 0. The molecule has 0 aromatic carbocycles. The zero-order valence-electron chi connectivity index (χ0n) is 3.68. The normalized spacial score (nSPS) is 0.875. The molecule has 0 radical (unpaired) electrons. The van der Waals surface area contributed by atoms with Crippen LogP contribution in [0.15, 0.2) is 0 Å². The molecule has 6 nitrogen and oxygen atoms in total. The summed E-state index contributed by atoms with van der Waals surface area (Å²) in [5, 5.41) is 0. The van der Waals surface area contributed by atoms with Crippen molar-refractivity contribution in [3.05, 3.63) is 0 Å². The van der Waals surface area contributed by atoms with Crippen molar-refractivity contribution < 1.29 is 52.8 Å². The fraction of sp³-hybridized carbons (Fsp3) is 0. The predicted molar refractivity (Wildman–Crippen MR) is 27.5 cm³/mol. The average Bonchev–Trinajstić information content (AvgIpc) is 1.00. The van der Waals surface area contributed by atoms with Crippen molar-refractivity contribution in [3.63, 3.8) is 0 Å². The molecular weight excluding hydrogens is 328 g/mol. The Kier molecular flexibility index (Phi) is 12000. The zero-order chi connectivity index (χ0) is 2.00. The van der Waals surface area contributed by atoms with E-state index in [1.165, 1.54) is 0 Å². The first-order chi connectivity index (χ1) is 1.00. The first kappa shape index (κ1) is 166. The van der Waals surface area contributed by atoms with Crippen LogP contribution in [0.2, 0.25) is 0 Å². The Morgan fingerprint density at radius 1 is 0.500 bits per heavy atom. The van der Waals surface area contributed by atoms with Gasteiger partial charge in [-0.3, -0.25) is 0 Å². The molecule has 0 saturated carbocycles. The first-order valence-electron chi connectivity index (χ1n) is 0.114. The molecule has 0 rings (SSSR count). The summed E-state index contributed by atoms with van der Waals surface area (Å²) in [7, 11) is 4.58. The van der Waals surface area contributed by atoms with Crippen molar-refractivity contribution in [1.29, 1.82) is 0 Å². The van der Waals surface area contributed by atoms with E-state index in [-0.39, 0.29) is 32.9 Å². The minimum absolute atomic E-state index is 0. The van der Waals surface area contributed by atoms with E-state index in [1.807, 2.05) is 0 Å². The second-order valence-electron chi connectivity index (χ2n) is 0. The molecule has 0 aliphatic heterocycles. The van der Waals surface area contributed by atoms with Crippen LogP contribution < -0.4 is 0 Å². The molecule has 0 fully saturated rings. The topological polar surface area (TPSA) is 189 Å². The SMILES string of the molecule is O.O.O.O.O.O.[Cl][Au]. The van der Waals surface area contributed by atoms with Gasteiger partial charge in [0, 0.05) is 0 Å². The van der Waals surface area contributed by atoms with Crippen molar-refractivity contribution in [3.8, 4) is 0 Å². The molecule has 0 spiro atoms. The monoisotopic (exact) mass is 340 g/mol. The molecule has 0 aromatic rings. The minimum atomic E-state index is 0. The van der Waals surface area contributed by atoms with Crippen LogP contribution in [-0.2, 0) is 20.0 Å². The van der Waals surface area contributed by atoms with Gasteiger partial charge in [0.2, 0.25) is 0 Å². The van der Waals surface area contributed by atoms with Gasteiger partial charge in [-0.25, -0.2) is 0 Å². The molecule has 66 valence electrons. The van der Waals surface area contributed by atoms with Crippen LogP contribution >= 0.6 is 9.19 Å². The maximum atomic E-state index is 4.58. The molecule has 0 unspecified atom stereocenters. The van der Waals surface area contributed by atoms with E-state index in [1.54, 1.807) is 20.0 Å². The molecule has 0 aliphatic rings. The Hall–Kier alpha value is 0.790. The predicted octanol–water partition coefficient (Wildman–Crippen LogP) is -4.26. The van der Waals surface area contributed by atoms with E-state index < -0.39 is 0 Å². The Morgan fingerprint density at radius 2 is 0.500 bits per heavy atom. The van der Waals surface area contributed by atoms with Crippen LogP contribution in [0.3, 0.4) is 0 Å². The van der Waals surface area contributed by atoms with E-state index in [0.29, 0.717) is 0 Å². The quantitative estimate of drug-likeness (QED) is 0.386. The van der Waals surface area contributed by atoms with Gasteiger partial charge in [0.05, 0.1) is 0 Å². The molecule has 0 heterocycles. The summed E-state index contributed by atoms with van der Waals surface area (Å²) < 4.78 is 0. The summed E-state index contributed by atoms with van der Waals surface area (Å²) in [5.74, 6) is 0. The van der Waals surface area contributed by atoms with E-state index in [2.05, 4.69) is 9.19 Å². The summed E-state index contributed by atoms with van der Waals surface area (Å²) >= 11 is 1.75. The van der Waals surface area contributed by atoms with Gasteiger partial charge in [0.15, 0.2) is 0 Å². The molecule has 0 bridgehead atoms. The van der Waals surface area contributed by atoms with Crippen molar-refractivity contribution in [2.75, 3.05) is 0 Å². The summed E-state index contributed by atoms with van der Waals surface area (Å²) in [5.41, 5.74) is 0. The van der Waals surface area contributed by atoms with Gasteiger partial charge < -0.3 is 32.9 Å². The maximum absolute atomic E-state index is 4.58. The molecule has 8 heteroatoms. The molecule has 12 N–H and O–H groups in total. The van der Waals surface area contributed by atoms with Gasteiger partial charge in [0.25, 0.3) is 0 Å². The van der Waals surface area contributed by atoms with Gasteiger partial charge in [-0.15, -0.1) is 0 Å². The standard InChI is InChI=1S/Au.ClH.6H2O/h;1H;6*1H2/q+1;;;;;;;/p-1. The van der Waals surface area contributed by atoms with Gasteiger partial charge in [0.1, 0.15) is 0 Å². The summed E-state index contributed by atoms with van der Waals surface area (Å²) in [4.78, 5) is 0. The second-order valence-corrected chi connectivity index (χ2v) is 0. The Balaban J connectivity index is -0.000000000333. The summed E-state index contributed by atoms with van der Waals surface area (Å²) in [6, 6.07) is 0. The number of halogens is 1. The Morgan fingerprint density at radius 3 is 0.500 bits per heavy atom. The number of hydrogen-bond donors (Lipinski definition) is 0. The van der Waals surface area contributed by atoms with Gasteiger partial charge in [-0.2, -0.15) is 0 Å². The van der Waals surface area contributed by atoms with Crippen LogP contribution in [0.1, 0.15) is 0 Å². The molecule has 0 saturated heterocycles. The van der Waals surface area contributed by atoms with Crippen LogP contribution in [-0.4, -0.2) is 32.9 Å². The van der Waals surface area contributed by atoms with Crippen molar-refractivity contribution >= 4 is 9.19 Å². The fourth-order valence-electron chi connectivity index (χ4n) is 0. The zero-order valence-corrected chi connectivity index (χ0v) is 6.60. The molecule has 0 aromatic heterocycles. The van der Waals surface area contributed by atoms with E-state index in [0.717, 1.165) is 0 Å². The fourth-order valence-corrected chi connectivity index (χ4v) is 0. The third-order valence-electron chi connectivity index (χ3n) is 0. The average molecular weight is 341 g/mol. The Labute approximate surface area is 62.4 Å². The van der Waals surface area contributed by atoms with Crippen molar-refractivity contribution in [1.82, 2.24) is 0 Å². The summed E-state index contributed by atoms with van der Waals surface area (Å²) in [6.45, 7) is 0. The van der Waals surface area contributed by atoms with Crippen LogP contribution in [0, 0.1) is 0 Å². The third kappa shape index (κ3) is 365. The van der Waals surface area contributed by atoms with Crippen molar-refractivity contribution in [2.45, 2.75) is 0 Å². The van der Waals surface area contributed by atoms with Gasteiger partial charge in [-0.1, -0.05) is 0 Å². The molecule has 0 aliphatic carbocycles. The molecular formula is H12AuClO6. The van der Waals surface area contributed by atoms with Gasteiger partial charge >= 0.3 is 29.2 Å². The third-order valence-corrected chi connectivity index (χ3v) is 0. The first-order valence-corrected chi connectivity index (χ1v) is 2.80. The number of rotatable bonds is 0. The molecule has 0 atom stereocenters. The van der Waals surface area contributed by atoms with Crippen LogP contribution in [0.25, 0.3) is 0 Å². The molecule has 0 amide bonds.